The molecule has 0 unspecified atom stereocenters. The molecule has 18 heavy (non-hydrogen) atoms. The number of amidine groups is 1. The highest BCUT2D eigenvalue weighted by Crippen LogP contribution is 2.17. The maximum atomic E-state index is 5.80. The Bertz CT molecular complexity index is 398. The second-order valence-electron chi connectivity index (χ2n) is 3.88. The number of nitrogens with zero attached hydrogens (tertiary/aromatic N) is 1. The molecule has 0 aliphatic carbocycles. The molecule has 1 rings (SSSR count). The van der Waals surface area contributed by atoms with Crippen LogP contribution in [-0.4, -0.2) is 23.6 Å². The predicted octanol–water partition coefficient (Wildman–Crippen LogP) is 3.67. The van der Waals surface area contributed by atoms with Gasteiger partial charge in [0, 0.05) is 16.3 Å². The van der Waals surface area contributed by atoms with Crippen LogP contribution in [0.2, 0.25) is 0 Å². The van der Waals surface area contributed by atoms with Crippen LogP contribution in [0.4, 0.5) is 0 Å². The van der Waals surface area contributed by atoms with E-state index in [0.29, 0.717) is 17.8 Å². The molecular formula is C13H19BrN2OS. The Balaban J connectivity index is 2.25. The van der Waals surface area contributed by atoms with Crippen LogP contribution in [0, 0.1) is 0 Å². The first-order valence-electron chi connectivity index (χ1n) is 5.96. The van der Waals surface area contributed by atoms with Gasteiger partial charge < -0.3 is 10.5 Å². The molecule has 0 aliphatic heterocycles. The zero-order chi connectivity index (χ0) is 13.4. The molecule has 0 amide bonds. The average Bonchev–Trinajstić information content (AvgIpc) is 2.34. The van der Waals surface area contributed by atoms with E-state index in [2.05, 4.69) is 34.8 Å². The van der Waals surface area contributed by atoms with Crippen LogP contribution in [0.25, 0.3) is 0 Å². The molecule has 0 saturated heterocycles. The Hall–Kier alpha value is -0.680. The number of nitrogens with two attached hydrogens (primary N) is 1. The van der Waals surface area contributed by atoms with E-state index < -0.39 is 0 Å². The van der Waals surface area contributed by atoms with Gasteiger partial charge in [0.05, 0.1) is 6.61 Å². The topological polar surface area (TPSA) is 47.6 Å². The van der Waals surface area contributed by atoms with E-state index in [4.69, 9.17) is 10.5 Å². The Morgan fingerprint density at radius 3 is 3.00 bits per heavy atom. The normalized spacial score (nSPS) is 13.4. The molecule has 0 spiro atoms. The Morgan fingerprint density at radius 1 is 1.56 bits per heavy atom. The summed E-state index contributed by atoms with van der Waals surface area (Å²) in [5, 5.41) is 0.641. The van der Waals surface area contributed by atoms with E-state index in [0.717, 1.165) is 22.4 Å². The maximum Gasteiger partial charge on any atom is 0.154 e. The van der Waals surface area contributed by atoms with Gasteiger partial charge in [-0.1, -0.05) is 40.7 Å². The van der Waals surface area contributed by atoms with Gasteiger partial charge in [-0.2, -0.15) is 0 Å². The van der Waals surface area contributed by atoms with Crippen molar-refractivity contribution in [3.8, 4) is 5.75 Å². The van der Waals surface area contributed by atoms with Crippen molar-refractivity contribution in [2.24, 2.45) is 10.7 Å². The predicted molar refractivity (Wildman–Crippen MR) is 83.5 cm³/mol. The van der Waals surface area contributed by atoms with Gasteiger partial charge >= 0.3 is 0 Å². The number of benzene rings is 1. The highest BCUT2D eigenvalue weighted by molar-refractivity contribution is 9.10. The number of rotatable bonds is 6. The average molecular weight is 331 g/mol. The number of aliphatic imine (C=N–C) groups is 1. The highest BCUT2D eigenvalue weighted by atomic mass is 79.9. The van der Waals surface area contributed by atoms with Crippen LogP contribution < -0.4 is 10.5 Å². The molecule has 1 aromatic carbocycles. The number of thioether (sulfide) groups is 1. The van der Waals surface area contributed by atoms with E-state index in [1.54, 1.807) is 0 Å². The van der Waals surface area contributed by atoms with Crippen molar-refractivity contribution in [1.29, 1.82) is 0 Å². The largest absolute Gasteiger partial charge is 0.493 e. The van der Waals surface area contributed by atoms with Crippen molar-refractivity contribution in [3.63, 3.8) is 0 Å². The fourth-order valence-electron chi connectivity index (χ4n) is 1.21. The molecule has 2 N–H and O–H groups in total. The van der Waals surface area contributed by atoms with Gasteiger partial charge in [-0.25, -0.2) is 0 Å². The quantitative estimate of drug-likeness (QED) is 0.491. The zero-order valence-electron chi connectivity index (χ0n) is 10.7. The first kappa shape index (κ1) is 15.4. The molecular weight excluding hydrogens is 312 g/mol. The third-order valence-corrected chi connectivity index (χ3v) is 3.60. The number of hydrogen-bond acceptors (Lipinski definition) is 3. The van der Waals surface area contributed by atoms with E-state index in [1.165, 1.54) is 11.8 Å². The van der Waals surface area contributed by atoms with Gasteiger partial charge in [0.1, 0.15) is 5.75 Å². The van der Waals surface area contributed by atoms with Gasteiger partial charge in [0.25, 0.3) is 0 Å². The zero-order valence-corrected chi connectivity index (χ0v) is 13.1. The minimum Gasteiger partial charge on any atom is -0.493 e. The highest BCUT2D eigenvalue weighted by Gasteiger charge is 1.99. The molecule has 5 heteroatoms. The lowest BCUT2D eigenvalue weighted by Gasteiger charge is -2.07. The first-order chi connectivity index (χ1) is 8.61. The molecule has 1 aromatic rings. The van der Waals surface area contributed by atoms with Gasteiger partial charge in [0.2, 0.25) is 0 Å². The van der Waals surface area contributed by atoms with Crippen LogP contribution in [0.5, 0.6) is 5.75 Å². The molecule has 0 aliphatic rings. The van der Waals surface area contributed by atoms with E-state index in [9.17, 15) is 0 Å². The Morgan fingerprint density at radius 2 is 2.33 bits per heavy atom. The standard InChI is InChI=1S/C13H19BrN2OS/c1-3-10(2)16-13(15)18-8-7-17-12-6-4-5-11(14)9-12/h4-6,9-10H,3,7-8H2,1-2H3,(H2,15,16)/t10-/m1/s1. The van der Waals surface area contributed by atoms with E-state index in [1.807, 2.05) is 24.3 Å². The monoisotopic (exact) mass is 330 g/mol. The molecule has 0 radical (unpaired) electrons. The smallest absolute Gasteiger partial charge is 0.154 e. The number of hydrogen-bond donors (Lipinski definition) is 1. The van der Waals surface area contributed by atoms with Crippen molar-refractivity contribution >= 4 is 32.9 Å². The third-order valence-electron chi connectivity index (χ3n) is 2.34. The summed E-state index contributed by atoms with van der Waals surface area (Å²) in [5.74, 6) is 1.67. The second kappa shape index (κ2) is 8.43. The minimum atomic E-state index is 0.295. The lowest BCUT2D eigenvalue weighted by atomic mass is 10.3. The minimum absolute atomic E-state index is 0.295. The lowest BCUT2D eigenvalue weighted by molar-refractivity contribution is 0.344. The van der Waals surface area contributed by atoms with Crippen LogP contribution >= 0.6 is 27.7 Å². The summed E-state index contributed by atoms with van der Waals surface area (Å²) >= 11 is 4.94. The summed E-state index contributed by atoms with van der Waals surface area (Å²) in [6, 6.07) is 8.10. The third kappa shape index (κ3) is 6.31. The lowest BCUT2D eigenvalue weighted by Crippen LogP contribution is -2.13. The van der Waals surface area contributed by atoms with Crippen LogP contribution in [-0.2, 0) is 0 Å². The van der Waals surface area contributed by atoms with Crippen molar-refractivity contribution in [1.82, 2.24) is 0 Å². The summed E-state index contributed by atoms with van der Waals surface area (Å²) in [7, 11) is 0. The fourth-order valence-corrected chi connectivity index (χ4v) is 2.22. The molecule has 0 aromatic heterocycles. The second-order valence-corrected chi connectivity index (χ2v) is 5.91. The van der Waals surface area contributed by atoms with Crippen LogP contribution in [0.3, 0.4) is 0 Å². The van der Waals surface area contributed by atoms with Crippen molar-refractivity contribution in [2.45, 2.75) is 26.3 Å². The maximum absolute atomic E-state index is 5.80. The van der Waals surface area contributed by atoms with Gasteiger partial charge in [-0.15, -0.1) is 0 Å². The van der Waals surface area contributed by atoms with Gasteiger partial charge in [-0.05, 0) is 31.5 Å². The van der Waals surface area contributed by atoms with E-state index in [-0.39, 0.29) is 0 Å². The summed E-state index contributed by atoms with van der Waals surface area (Å²) in [6.07, 6.45) is 1.01. The summed E-state index contributed by atoms with van der Waals surface area (Å²) < 4.78 is 6.63. The van der Waals surface area contributed by atoms with Gasteiger partial charge in [-0.3, -0.25) is 4.99 Å². The number of ether oxygens (including phenoxy) is 1. The van der Waals surface area contributed by atoms with Crippen molar-refractivity contribution in [3.05, 3.63) is 28.7 Å². The first-order valence-corrected chi connectivity index (χ1v) is 7.74. The van der Waals surface area contributed by atoms with Crippen molar-refractivity contribution < 1.29 is 4.74 Å². The van der Waals surface area contributed by atoms with E-state index >= 15 is 0 Å². The molecule has 0 saturated carbocycles. The molecule has 0 fully saturated rings. The van der Waals surface area contributed by atoms with Crippen molar-refractivity contribution in [2.75, 3.05) is 12.4 Å². The summed E-state index contributed by atoms with van der Waals surface area (Å²) in [4.78, 5) is 4.35. The van der Waals surface area contributed by atoms with Crippen LogP contribution in [0.1, 0.15) is 20.3 Å². The molecule has 3 nitrogen and oxygen atoms in total. The fraction of sp³-hybridized carbons (Fsp3) is 0.462. The molecule has 0 heterocycles. The SMILES string of the molecule is CC[C@@H](C)N=C(N)SCCOc1cccc(Br)c1. The summed E-state index contributed by atoms with van der Waals surface area (Å²) in [5.41, 5.74) is 5.80. The molecule has 1 atom stereocenters. The molecule has 100 valence electrons. The Kier molecular flexibility index (Phi) is 7.20. The van der Waals surface area contributed by atoms with Gasteiger partial charge in [0.15, 0.2) is 5.17 Å². The summed E-state index contributed by atoms with van der Waals surface area (Å²) in [6.45, 7) is 4.78. The Labute approximate surface area is 121 Å². The van der Waals surface area contributed by atoms with Crippen LogP contribution in [0.15, 0.2) is 33.7 Å². The number of halogens is 1. The molecule has 0 bridgehead atoms.